The molecule has 0 amide bonds. The second kappa shape index (κ2) is 9.59. The molecule has 0 spiro atoms. The Kier molecular flexibility index (Phi) is 6.45. The van der Waals surface area contributed by atoms with Crippen molar-refractivity contribution in [3.8, 4) is 16.9 Å². The Morgan fingerprint density at radius 2 is 1.70 bits per heavy atom. The first kappa shape index (κ1) is 24.9. The van der Waals surface area contributed by atoms with E-state index in [1.807, 2.05) is 0 Å². The molecule has 4 aromatic rings. The molecule has 0 fully saturated rings. The molecule has 190 valence electrons. The van der Waals surface area contributed by atoms with Gasteiger partial charge in [0, 0.05) is 17.7 Å². The van der Waals surface area contributed by atoms with E-state index in [1.54, 1.807) is 6.07 Å². The van der Waals surface area contributed by atoms with Crippen LogP contribution >= 0.6 is 0 Å². The Labute approximate surface area is 210 Å². The van der Waals surface area contributed by atoms with Crippen molar-refractivity contribution in [3.63, 3.8) is 0 Å². The van der Waals surface area contributed by atoms with Crippen molar-refractivity contribution in [1.82, 2.24) is 9.97 Å². The average Bonchev–Trinajstić information content (AvgIpc) is 2.88. The highest BCUT2D eigenvalue weighted by Crippen LogP contribution is 2.44. The molecule has 2 heterocycles. The standard InChI is InChI=1S/C27H20F4N2O3S/c28-19-4-1-17(2-5-19)25-13-18(27(29,30)31)3-7-22(25)23-10-12-36-26-14-21(6-8-24(23)26)37(34,35)15-20-9-11-32-16-33-20/h1-9,11,13-14,16,23H,10,12,15H2/t23-/m1/s1. The van der Waals surface area contributed by atoms with E-state index in [0.717, 1.165) is 12.1 Å². The number of ether oxygens (including phenoxy) is 1. The molecule has 37 heavy (non-hydrogen) atoms. The number of nitrogens with zero attached hydrogens (tertiary/aromatic N) is 2. The number of aromatic nitrogens is 2. The van der Waals surface area contributed by atoms with Crippen LogP contribution in [-0.2, 0) is 21.8 Å². The van der Waals surface area contributed by atoms with E-state index < -0.39 is 27.4 Å². The lowest BCUT2D eigenvalue weighted by Gasteiger charge is -2.29. The maximum absolute atomic E-state index is 13.5. The number of hydrogen-bond donors (Lipinski definition) is 0. The van der Waals surface area contributed by atoms with Crippen molar-refractivity contribution in [1.29, 1.82) is 0 Å². The van der Waals surface area contributed by atoms with Crippen LogP contribution in [0.3, 0.4) is 0 Å². The van der Waals surface area contributed by atoms with Gasteiger partial charge in [-0.3, -0.25) is 0 Å². The molecule has 1 aliphatic rings. The molecule has 0 saturated heterocycles. The Balaban J connectivity index is 1.56. The summed E-state index contributed by atoms with van der Waals surface area (Å²) in [6, 6.07) is 14.9. The van der Waals surface area contributed by atoms with Gasteiger partial charge < -0.3 is 4.74 Å². The maximum atomic E-state index is 13.5. The highest BCUT2D eigenvalue weighted by molar-refractivity contribution is 7.90. The third-order valence-corrected chi connectivity index (χ3v) is 7.92. The zero-order valence-electron chi connectivity index (χ0n) is 19.2. The topological polar surface area (TPSA) is 69.2 Å². The number of hydrogen-bond acceptors (Lipinski definition) is 5. The minimum Gasteiger partial charge on any atom is -0.493 e. The lowest BCUT2D eigenvalue weighted by Crippen LogP contribution is -2.17. The molecule has 1 aromatic heterocycles. The summed E-state index contributed by atoms with van der Waals surface area (Å²) >= 11 is 0. The quantitative estimate of drug-likeness (QED) is 0.289. The molecule has 0 saturated carbocycles. The Morgan fingerprint density at radius 1 is 0.946 bits per heavy atom. The molecular formula is C27H20F4N2O3S. The molecule has 1 aliphatic heterocycles. The van der Waals surface area contributed by atoms with Crippen molar-refractivity contribution in [2.24, 2.45) is 0 Å². The molecule has 10 heteroatoms. The van der Waals surface area contributed by atoms with Crippen LogP contribution in [0.4, 0.5) is 17.6 Å². The molecule has 0 bridgehead atoms. The van der Waals surface area contributed by atoms with Gasteiger partial charge in [-0.25, -0.2) is 22.8 Å². The molecule has 0 unspecified atom stereocenters. The Morgan fingerprint density at radius 3 is 2.41 bits per heavy atom. The molecule has 5 nitrogen and oxygen atoms in total. The van der Waals surface area contributed by atoms with Crippen molar-refractivity contribution < 1.29 is 30.7 Å². The van der Waals surface area contributed by atoms with Crippen molar-refractivity contribution in [3.05, 3.63) is 107 Å². The smallest absolute Gasteiger partial charge is 0.416 e. The zero-order valence-corrected chi connectivity index (χ0v) is 20.1. The fourth-order valence-corrected chi connectivity index (χ4v) is 5.77. The SMILES string of the molecule is O=S(=O)(Cc1ccncn1)c1ccc2c(c1)OCC[C@@H]2c1ccc(C(F)(F)F)cc1-c1ccc(F)cc1. The van der Waals surface area contributed by atoms with Gasteiger partial charge in [0.1, 0.15) is 17.9 Å². The van der Waals surface area contributed by atoms with Crippen LogP contribution < -0.4 is 4.74 Å². The van der Waals surface area contributed by atoms with Gasteiger partial charge >= 0.3 is 6.18 Å². The maximum Gasteiger partial charge on any atom is 0.416 e. The minimum absolute atomic E-state index is 0.0525. The molecule has 3 aromatic carbocycles. The fourth-order valence-electron chi connectivity index (χ4n) is 4.48. The summed E-state index contributed by atoms with van der Waals surface area (Å²) in [6.45, 7) is 0.247. The van der Waals surface area contributed by atoms with Crippen molar-refractivity contribution in [2.45, 2.75) is 29.2 Å². The number of alkyl halides is 3. The third kappa shape index (κ3) is 5.20. The van der Waals surface area contributed by atoms with E-state index >= 15 is 0 Å². The van der Waals surface area contributed by atoms with Gasteiger partial charge in [-0.1, -0.05) is 24.3 Å². The lowest BCUT2D eigenvalue weighted by molar-refractivity contribution is -0.137. The molecule has 0 N–H and O–H groups in total. The normalized spacial score (nSPS) is 15.6. The number of sulfone groups is 1. The molecule has 1 atom stereocenters. The first-order chi connectivity index (χ1) is 17.6. The predicted molar refractivity (Wildman–Crippen MR) is 128 cm³/mol. The summed E-state index contributed by atoms with van der Waals surface area (Å²) in [5, 5.41) is 0. The summed E-state index contributed by atoms with van der Waals surface area (Å²) in [6.07, 6.45) is -1.34. The molecule has 0 radical (unpaired) electrons. The van der Waals surface area contributed by atoms with Gasteiger partial charge in [-0.05, 0) is 65.6 Å². The summed E-state index contributed by atoms with van der Waals surface area (Å²) in [5.41, 5.74) is 1.58. The first-order valence-electron chi connectivity index (χ1n) is 11.3. The second-order valence-corrected chi connectivity index (χ2v) is 10.6. The first-order valence-corrected chi connectivity index (χ1v) is 13.0. The second-order valence-electron chi connectivity index (χ2n) is 8.66. The third-order valence-electron chi connectivity index (χ3n) is 6.28. The van der Waals surface area contributed by atoms with E-state index in [0.29, 0.717) is 40.1 Å². The van der Waals surface area contributed by atoms with Gasteiger partial charge in [0.15, 0.2) is 9.84 Å². The van der Waals surface area contributed by atoms with Crippen LogP contribution in [0.1, 0.15) is 34.7 Å². The van der Waals surface area contributed by atoms with E-state index in [1.165, 1.54) is 61.1 Å². The van der Waals surface area contributed by atoms with Gasteiger partial charge in [0.05, 0.1) is 28.5 Å². The van der Waals surface area contributed by atoms with E-state index in [4.69, 9.17) is 4.74 Å². The van der Waals surface area contributed by atoms with Gasteiger partial charge in [-0.15, -0.1) is 0 Å². The summed E-state index contributed by atoms with van der Waals surface area (Å²) in [5.74, 6) is -0.815. The molecule has 0 aliphatic carbocycles. The van der Waals surface area contributed by atoms with E-state index in [-0.39, 0.29) is 23.2 Å². The Hall–Kier alpha value is -3.79. The van der Waals surface area contributed by atoms with Crippen molar-refractivity contribution >= 4 is 9.84 Å². The number of fused-ring (bicyclic) bond motifs is 1. The largest absolute Gasteiger partial charge is 0.493 e. The summed E-state index contributed by atoms with van der Waals surface area (Å²) < 4.78 is 85.9. The number of benzene rings is 3. The highest BCUT2D eigenvalue weighted by Gasteiger charge is 2.33. The van der Waals surface area contributed by atoms with Crippen LogP contribution in [0.25, 0.3) is 11.1 Å². The summed E-state index contributed by atoms with van der Waals surface area (Å²) in [4.78, 5) is 7.81. The fraction of sp³-hybridized carbons (Fsp3) is 0.185. The van der Waals surface area contributed by atoms with Gasteiger partial charge in [0.2, 0.25) is 0 Å². The Bertz CT molecular complexity index is 1540. The van der Waals surface area contributed by atoms with Crippen LogP contribution in [0.5, 0.6) is 5.75 Å². The van der Waals surface area contributed by atoms with Crippen molar-refractivity contribution in [2.75, 3.05) is 6.61 Å². The van der Waals surface area contributed by atoms with Gasteiger partial charge in [-0.2, -0.15) is 13.2 Å². The zero-order chi connectivity index (χ0) is 26.2. The van der Waals surface area contributed by atoms with Gasteiger partial charge in [0.25, 0.3) is 0 Å². The monoisotopic (exact) mass is 528 g/mol. The number of rotatable bonds is 5. The van der Waals surface area contributed by atoms with Crippen LogP contribution in [0.2, 0.25) is 0 Å². The highest BCUT2D eigenvalue weighted by atomic mass is 32.2. The van der Waals surface area contributed by atoms with Crippen LogP contribution in [0, 0.1) is 5.82 Å². The van der Waals surface area contributed by atoms with E-state index in [2.05, 4.69) is 9.97 Å². The molecule has 5 rings (SSSR count). The minimum atomic E-state index is -4.55. The number of halogens is 4. The summed E-state index contributed by atoms with van der Waals surface area (Å²) in [7, 11) is -3.74. The van der Waals surface area contributed by atoms with E-state index in [9.17, 15) is 26.0 Å². The van der Waals surface area contributed by atoms with Crippen LogP contribution in [0.15, 0.2) is 84.1 Å². The van der Waals surface area contributed by atoms with Crippen LogP contribution in [-0.4, -0.2) is 25.0 Å². The molecular weight excluding hydrogens is 508 g/mol. The lowest BCUT2D eigenvalue weighted by atomic mass is 9.82. The predicted octanol–water partition coefficient (Wildman–Crippen LogP) is 6.19. The average molecular weight is 529 g/mol.